The van der Waals surface area contributed by atoms with Crippen LogP contribution in [-0.2, 0) is 17.9 Å². The lowest BCUT2D eigenvalue weighted by Crippen LogP contribution is -2.38. The third kappa shape index (κ3) is 5.83. The molecule has 1 aromatic carbocycles. The van der Waals surface area contributed by atoms with Gasteiger partial charge in [0.1, 0.15) is 0 Å². The summed E-state index contributed by atoms with van der Waals surface area (Å²) in [4.78, 5) is 27.9. The molecule has 2 aromatic rings. The Kier molecular flexibility index (Phi) is 7.48. The van der Waals surface area contributed by atoms with Gasteiger partial charge in [-0.3, -0.25) is 4.79 Å². The van der Waals surface area contributed by atoms with Crippen molar-refractivity contribution in [1.82, 2.24) is 10.2 Å². The number of nitrogens with one attached hydrogen (secondary N) is 2. The van der Waals surface area contributed by atoms with Crippen molar-refractivity contribution in [2.75, 3.05) is 11.9 Å². The van der Waals surface area contributed by atoms with Crippen LogP contribution in [0.1, 0.15) is 49.5 Å². The summed E-state index contributed by atoms with van der Waals surface area (Å²) in [7, 11) is 0. The largest absolute Gasteiger partial charge is 0.334 e. The van der Waals surface area contributed by atoms with Gasteiger partial charge in [0.15, 0.2) is 0 Å². The van der Waals surface area contributed by atoms with E-state index in [2.05, 4.69) is 10.6 Å². The number of rotatable bonds is 7. The highest BCUT2D eigenvalue weighted by Gasteiger charge is 2.21. The number of hydrogen-bond acceptors (Lipinski definition) is 3. The van der Waals surface area contributed by atoms with E-state index in [1.54, 1.807) is 16.2 Å². The van der Waals surface area contributed by atoms with Crippen LogP contribution in [-0.4, -0.2) is 23.4 Å². The van der Waals surface area contributed by atoms with Gasteiger partial charge in [0, 0.05) is 29.6 Å². The quantitative estimate of drug-likeness (QED) is 0.688. The van der Waals surface area contributed by atoms with E-state index in [9.17, 15) is 9.59 Å². The monoisotopic (exact) mass is 399 g/mol. The Labute approximate surface area is 171 Å². The van der Waals surface area contributed by atoms with Crippen molar-refractivity contribution >= 4 is 29.0 Å². The highest BCUT2D eigenvalue weighted by molar-refractivity contribution is 7.09. The third-order valence-electron chi connectivity index (χ3n) is 5.21. The number of nitrogens with zero attached hydrogens (tertiary/aromatic N) is 1. The first-order chi connectivity index (χ1) is 13.7. The fourth-order valence-corrected chi connectivity index (χ4v) is 4.29. The molecule has 0 bridgehead atoms. The molecule has 0 spiro atoms. The molecule has 1 heterocycles. The van der Waals surface area contributed by atoms with Gasteiger partial charge in [0.2, 0.25) is 5.91 Å². The highest BCUT2D eigenvalue weighted by Crippen LogP contribution is 2.25. The number of thiophene rings is 1. The Bertz CT molecular complexity index is 770. The SMILES string of the molecule is CCN(Cc1cccs1)C(=O)NCc1cccc(NC(=O)C2CCCCC2)c1. The van der Waals surface area contributed by atoms with Crippen molar-refractivity contribution in [2.24, 2.45) is 5.92 Å². The second-order valence-electron chi connectivity index (χ2n) is 7.28. The second kappa shape index (κ2) is 10.3. The molecule has 0 unspecified atom stereocenters. The van der Waals surface area contributed by atoms with Gasteiger partial charge in [0.05, 0.1) is 6.54 Å². The molecule has 1 saturated carbocycles. The molecule has 0 atom stereocenters. The molecular weight excluding hydrogens is 370 g/mol. The minimum atomic E-state index is -0.0763. The zero-order chi connectivity index (χ0) is 19.8. The molecule has 1 aliphatic carbocycles. The van der Waals surface area contributed by atoms with Gasteiger partial charge in [-0.25, -0.2) is 4.79 Å². The summed E-state index contributed by atoms with van der Waals surface area (Å²) in [5, 5.41) is 8.05. The summed E-state index contributed by atoms with van der Waals surface area (Å²) in [6.45, 7) is 3.69. The van der Waals surface area contributed by atoms with Crippen molar-refractivity contribution in [1.29, 1.82) is 0 Å². The third-order valence-corrected chi connectivity index (χ3v) is 6.07. The first kappa shape index (κ1) is 20.4. The van der Waals surface area contributed by atoms with Gasteiger partial charge in [-0.05, 0) is 48.9 Å². The number of carbonyl (C=O) groups is 2. The molecule has 150 valence electrons. The second-order valence-corrected chi connectivity index (χ2v) is 8.31. The average molecular weight is 400 g/mol. The molecule has 3 amide bonds. The van der Waals surface area contributed by atoms with E-state index >= 15 is 0 Å². The van der Waals surface area contributed by atoms with Crippen molar-refractivity contribution in [3.63, 3.8) is 0 Å². The molecule has 5 nitrogen and oxygen atoms in total. The van der Waals surface area contributed by atoms with Gasteiger partial charge in [-0.15, -0.1) is 11.3 Å². The highest BCUT2D eigenvalue weighted by atomic mass is 32.1. The predicted octanol–water partition coefficient (Wildman–Crippen LogP) is 5.00. The van der Waals surface area contributed by atoms with E-state index in [0.29, 0.717) is 19.6 Å². The summed E-state index contributed by atoms with van der Waals surface area (Å²) in [6, 6.07) is 11.7. The van der Waals surface area contributed by atoms with E-state index in [1.165, 1.54) is 11.3 Å². The number of urea groups is 1. The molecule has 0 saturated heterocycles. The molecule has 3 rings (SSSR count). The Morgan fingerprint density at radius 1 is 1.14 bits per heavy atom. The first-order valence-electron chi connectivity index (χ1n) is 10.1. The van der Waals surface area contributed by atoms with E-state index in [4.69, 9.17) is 0 Å². The van der Waals surface area contributed by atoms with Gasteiger partial charge in [-0.2, -0.15) is 0 Å². The first-order valence-corrected chi connectivity index (χ1v) is 11.0. The summed E-state index contributed by atoms with van der Waals surface area (Å²) in [5.41, 5.74) is 1.77. The maximum atomic E-state index is 12.5. The summed E-state index contributed by atoms with van der Waals surface area (Å²) in [6.07, 6.45) is 5.49. The minimum absolute atomic E-state index is 0.0763. The normalized spacial score (nSPS) is 14.5. The van der Waals surface area contributed by atoms with Crippen LogP contribution in [0.25, 0.3) is 0 Å². The van der Waals surface area contributed by atoms with Crippen LogP contribution in [0.4, 0.5) is 10.5 Å². The topological polar surface area (TPSA) is 61.4 Å². The van der Waals surface area contributed by atoms with Crippen LogP contribution in [0, 0.1) is 5.92 Å². The maximum absolute atomic E-state index is 12.5. The van der Waals surface area contributed by atoms with Crippen LogP contribution in [0.3, 0.4) is 0 Å². The van der Waals surface area contributed by atoms with Gasteiger partial charge >= 0.3 is 6.03 Å². The molecule has 0 radical (unpaired) electrons. The van der Waals surface area contributed by atoms with Gasteiger partial charge in [-0.1, -0.05) is 37.5 Å². The fourth-order valence-electron chi connectivity index (χ4n) is 3.58. The van der Waals surface area contributed by atoms with Crippen LogP contribution < -0.4 is 10.6 Å². The summed E-state index contributed by atoms with van der Waals surface area (Å²) in [5.74, 6) is 0.251. The predicted molar refractivity (Wildman–Crippen MR) is 114 cm³/mol. The Morgan fingerprint density at radius 2 is 1.96 bits per heavy atom. The Morgan fingerprint density at radius 3 is 2.68 bits per heavy atom. The molecular formula is C22H29N3O2S. The number of carbonyl (C=O) groups excluding carboxylic acids is 2. The molecule has 28 heavy (non-hydrogen) atoms. The lowest BCUT2D eigenvalue weighted by Gasteiger charge is -2.21. The van der Waals surface area contributed by atoms with Crippen molar-refractivity contribution < 1.29 is 9.59 Å². The minimum Gasteiger partial charge on any atom is -0.334 e. The fraction of sp³-hybridized carbons (Fsp3) is 0.455. The zero-order valence-electron chi connectivity index (χ0n) is 16.4. The Balaban J connectivity index is 1.52. The van der Waals surface area contributed by atoms with E-state index in [0.717, 1.165) is 36.9 Å². The van der Waals surface area contributed by atoms with Crippen LogP contribution in [0.2, 0.25) is 0 Å². The molecule has 6 heteroatoms. The number of amides is 3. The average Bonchev–Trinajstić information content (AvgIpc) is 3.24. The number of anilines is 1. The number of hydrogen-bond donors (Lipinski definition) is 2. The van der Waals surface area contributed by atoms with E-state index in [1.807, 2.05) is 48.7 Å². The summed E-state index contributed by atoms with van der Waals surface area (Å²) >= 11 is 1.66. The van der Waals surface area contributed by atoms with Crippen LogP contribution >= 0.6 is 11.3 Å². The van der Waals surface area contributed by atoms with E-state index in [-0.39, 0.29) is 17.9 Å². The van der Waals surface area contributed by atoms with Crippen molar-refractivity contribution in [3.8, 4) is 0 Å². The lowest BCUT2D eigenvalue weighted by atomic mass is 9.88. The van der Waals surface area contributed by atoms with E-state index < -0.39 is 0 Å². The smallest absolute Gasteiger partial charge is 0.317 e. The van der Waals surface area contributed by atoms with Crippen LogP contribution in [0.5, 0.6) is 0 Å². The lowest BCUT2D eigenvalue weighted by molar-refractivity contribution is -0.120. The van der Waals surface area contributed by atoms with Crippen molar-refractivity contribution in [2.45, 2.75) is 52.1 Å². The van der Waals surface area contributed by atoms with Gasteiger partial charge < -0.3 is 15.5 Å². The zero-order valence-corrected chi connectivity index (χ0v) is 17.3. The number of benzene rings is 1. The maximum Gasteiger partial charge on any atom is 0.317 e. The summed E-state index contributed by atoms with van der Waals surface area (Å²) < 4.78 is 0. The van der Waals surface area contributed by atoms with Crippen molar-refractivity contribution in [3.05, 3.63) is 52.2 Å². The molecule has 1 aliphatic rings. The standard InChI is InChI=1S/C22H29N3O2S/c1-2-25(16-20-12-7-13-28-20)22(27)23-15-17-8-6-11-19(14-17)24-21(26)18-9-4-3-5-10-18/h6-8,11-14,18H,2-5,9-10,15-16H2,1H3,(H,23,27)(H,24,26). The van der Waals surface area contributed by atoms with Crippen LogP contribution in [0.15, 0.2) is 41.8 Å². The Hall–Kier alpha value is -2.34. The van der Waals surface area contributed by atoms with Gasteiger partial charge in [0.25, 0.3) is 0 Å². The molecule has 1 aromatic heterocycles. The molecule has 2 N–H and O–H groups in total. The molecule has 1 fully saturated rings. The molecule has 0 aliphatic heterocycles.